The Labute approximate surface area is 123 Å². The second kappa shape index (κ2) is 5.15. The quantitative estimate of drug-likeness (QED) is 0.779. The first-order valence-electron chi connectivity index (χ1n) is 7.37. The summed E-state index contributed by atoms with van der Waals surface area (Å²) in [7, 11) is 0. The highest BCUT2D eigenvalue weighted by Gasteiger charge is 2.46. The van der Waals surface area contributed by atoms with Crippen LogP contribution in [-0.4, -0.2) is 29.1 Å². The predicted octanol–water partition coefficient (Wildman–Crippen LogP) is 1.24. The number of carboxylic acid groups (broad SMARTS) is 1. The van der Waals surface area contributed by atoms with E-state index in [1.54, 1.807) is 31.2 Å². The summed E-state index contributed by atoms with van der Waals surface area (Å²) in [5, 5.41) is 15.7. The molecule has 4 unspecified atom stereocenters. The zero-order valence-electron chi connectivity index (χ0n) is 12.0. The van der Waals surface area contributed by atoms with Crippen molar-refractivity contribution in [2.75, 3.05) is 0 Å². The number of nitrogens with one attached hydrogen (secondary N) is 2. The van der Waals surface area contributed by atoms with E-state index in [1.807, 2.05) is 6.07 Å². The van der Waals surface area contributed by atoms with Crippen LogP contribution >= 0.6 is 0 Å². The first-order chi connectivity index (χ1) is 10.0. The summed E-state index contributed by atoms with van der Waals surface area (Å²) in [5.74, 6) is -1.33. The maximum Gasteiger partial charge on any atom is 0.333 e. The van der Waals surface area contributed by atoms with Crippen molar-refractivity contribution in [3.8, 4) is 0 Å². The second-order valence-electron chi connectivity index (χ2n) is 6.18. The lowest BCUT2D eigenvalue weighted by molar-refractivity contribution is -0.148. The molecule has 1 amide bonds. The molecule has 5 heteroatoms. The number of carbonyl (C=O) groups excluding carboxylic acids is 1. The van der Waals surface area contributed by atoms with E-state index >= 15 is 0 Å². The number of fused-ring (bicyclic) bond motifs is 2. The van der Waals surface area contributed by atoms with E-state index in [9.17, 15) is 14.7 Å². The maximum absolute atomic E-state index is 12.5. The van der Waals surface area contributed by atoms with Gasteiger partial charge in [-0.3, -0.25) is 4.79 Å². The molecule has 0 aromatic heterocycles. The van der Waals surface area contributed by atoms with Gasteiger partial charge in [0.25, 0.3) is 0 Å². The van der Waals surface area contributed by atoms with Crippen LogP contribution in [0.5, 0.6) is 0 Å². The number of hydrogen-bond acceptors (Lipinski definition) is 3. The van der Waals surface area contributed by atoms with Crippen molar-refractivity contribution in [3.05, 3.63) is 35.9 Å². The molecule has 21 heavy (non-hydrogen) atoms. The molecule has 2 saturated heterocycles. The molecule has 1 aromatic carbocycles. The third-order valence-corrected chi connectivity index (χ3v) is 4.79. The zero-order chi connectivity index (χ0) is 15.0. The molecule has 2 bridgehead atoms. The molecular formula is C16H20N2O3. The average molecular weight is 288 g/mol. The SMILES string of the molecule is CC(NC(=O)C1CC2CCC1N2)(C(=O)O)c1ccccc1. The van der Waals surface area contributed by atoms with Crippen molar-refractivity contribution in [2.24, 2.45) is 5.92 Å². The number of hydrogen-bond donors (Lipinski definition) is 3. The van der Waals surface area contributed by atoms with Crippen LogP contribution in [0.4, 0.5) is 0 Å². The number of benzene rings is 1. The van der Waals surface area contributed by atoms with Crippen molar-refractivity contribution < 1.29 is 14.7 Å². The summed E-state index contributed by atoms with van der Waals surface area (Å²) in [6.45, 7) is 1.54. The predicted molar refractivity (Wildman–Crippen MR) is 77.6 cm³/mol. The number of aliphatic carboxylic acids is 1. The Bertz CT molecular complexity index is 560. The van der Waals surface area contributed by atoms with Crippen LogP contribution in [0.25, 0.3) is 0 Å². The van der Waals surface area contributed by atoms with Gasteiger partial charge in [-0.25, -0.2) is 4.79 Å². The normalized spacial score (nSPS) is 29.9. The van der Waals surface area contributed by atoms with E-state index in [0.717, 1.165) is 19.3 Å². The van der Waals surface area contributed by atoms with Gasteiger partial charge in [-0.05, 0) is 31.7 Å². The summed E-state index contributed by atoms with van der Waals surface area (Å²) >= 11 is 0. The fourth-order valence-electron chi connectivity index (χ4n) is 3.47. The van der Waals surface area contributed by atoms with Gasteiger partial charge < -0.3 is 15.7 Å². The van der Waals surface area contributed by atoms with Gasteiger partial charge in [0.15, 0.2) is 5.54 Å². The van der Waals surface area contributed by atoms with Crippen molar-refractivity contribution in [2.45, 2.75) is 43.8 Å². The van der Waals surface area contributed by atoms with Gasteiger partial charge in [-0.2, -0.15) is 0 Å². The van der Waals surface area contributed by atoms with Crippen molar-refractivity contribution in [1.82, 2.24) is 10.6 Å². The van der Waals surface area contributed by atoms with E-state index in [0.29, 0.717) is 11.6 Å². The van der Waals surface area contributed by atoms with Crippen molar-refractivity contribution in [1.29, 1.82) is 0 Å². The van der Waals surface area contributed by atoms with E-state index in [1.165, 1.54) is 0 Å². The Kier molecular flexibility index (Phi) is 3.45. The van der Waals surface area contributed by atoms with Gasteiger partial charge in [0.05, 0.1) is 5.92 Å². The largest absolute Gasteiger partial charge is 0.479 e. The Hall–Kier alpha value is -1.88. The number of carbonyl (C=O) groups is 2. The minimum atomic E-state index is -1.39. The number of rotatable bonds is 4. The van der Waals surface area contributed by atoms with Gasteiger partial charge >= 0.3 is 5.97 Å². The number of amides is 1. The highest BCUT2D eigenvalue weighted by atomic mass is 16.4. The smallest absolute Gasteiger partial charge is 0.333 e. The molecule has 0 aliphatic carbocycles. The van der Waals surface area contributed by atoms with Gasteiger partial charge in [0, 0.05) is 12.1 Å². The van der Waals surface area contributed by atoms with Gasteiger partial charge in [-0.1, -0.05) is 30.3 Å². The minimum absolute atomic E-state index is 0.119. The van der Waals surface area contributed by atoms with Gasteiger partial charge in [-0.15, -0.1) is 0 Å². The molecule has 112 valence electrons. The summed E-state index contributed by atoms with van der Waals surface area (Å²) < 4.78 is 0. The molecule has 1 aromatic rings. The molecule has 2 fully saturated rings. The molecule has 5 nitrogen and oxygen atoms in total. The van der Waals surface area contributed by atoms with Crippen LogP contribution < -0.4 is 10.6 Å². The molecule has 0 spiro atoms. The summed E-state index contributed by atoms with van der Waals surface area (Å²) in [6, 6.07) is 9.46. The van der Waals surface area contributed by atoms with Crippen molar-refractivity contribution in [3.63, 3.8) is 0 Å². The van der Waals surface area contributed by atoms with Crippen LogP contribution in [0.1, 0.15) is 31.7 Å². The third kappa shape index (κ3) is 2.42. The van der Waals surface area contributed by atoms with E-state index in [-0.39, 0.29) is 17.9 Å². The Morgan fingerprint density at radius 1 is 1.29 bits per heavy atom. The van der Waals surface area contributed by atoms with Crippen LogP contribution in [0.3, 0.4) is 0 Å². The first-order valence-corrected chi connectivity index (χ1v) is 7.37. The highest BCUT2D eigenvalue weighted by molar-refractivity contribution is 5.89. The van der Waals surface area contributed by atoms with Crippen LogP contribution in [-0.2, 0) is 15.1 Å². The van der Waals surface area contributed by atoms with E-state index in [4.69, 9.17) is 0 Å². The van der Waals surface area contributed by atoms with Gasteiger partial charge in [0.1, 0.15) is 0 Å². The Balaban J connectivity index is 1.80. The van der Waals surface area contributed by atoms with Crippen LogP contribution in [0, 0.1) is 5.92 Å². The second-order valence-corrected chi connectivity index (χ2v) is 6.18. The average Bonchev–Trinajstić information content (AvgIpc) is 3.10. The molecule has 2 heterocycles. The molecular weight excluding hydrogens is 268 g/mol. The van der Waals surface area contributed by atoms with E-state index in [2.05, 4.69) is 10.6 Å². The van der Waals surface area contributed by atoms with Crippen LogP contribution in [0.2, 0.25) is 0 Å². The summed E-state index contributed by atoms with van der Waals surface area (Å²) in [6.07, 6.45) is 2.92. The third-order valence-electron chi connectivity index (χ3n) is 4.79. The summed E-state index contributed by atoms with van der Waals surface area (Å²) in [5.41, 5.74) is -0.804. The first kappa shape index (κ1) is 14.1. The Morgan fingerprint density at radius 2 is 2.00 bits per heavy atom. The Morgan fingerprint density at radius 3 is 2.52 bits per heavy atom. The van der Waals surface area contributed by atoms with Crippen molar-refractivity contribution >= 4 is 11.9 Å². The minimum Gasteiger partial charge on any atom is -0.479 e. The lowest BCUT2D eigenvalue weighted by Crippen LogP contribution is -2.52. The standard InChI is InChI=1S/C16H20N2O3/c1-16(15(20)21,10-5-3-2-4-6-10)18-14(19)12-9-11-7-8-13(12)17-11/h2-6,11-13,17H,7-9H2,1H3,(H,18,19)(H,20,21). The maximum atomic E-state index is 12.5. The van der Waals surface area contributed by atoms with E-state index < -0.39 is 11.5 Å². The lowest BCUT2D eigenvalue weighted by Gasteiger charge is -2.30. The molecule has 4 atom stereocenters. The fourth-order valence-corrected chi connectivity index (χ4v) is 3.47. The lowest BCUT2D eigenvalue weighted by atomic mass is 9.86. The highest BCUT2D eigenvalue weighted by Crippen LogP contribution is 2.34. The molecule has 3 N–H and O–H groups in total. The van der Waals surface area contributed by atoms with Gasteiger partial charge in [0.2, 0.25) is 5.91 Å². The molecule has 2 aliphatic heterocycles. The monoisotopic (exact) mass is 288 g/mol. The number of carboxylic acids is 1. The molecule has 0 saturated carbocycles. The summed E-state index contributed by atoms with van der Waals surface area (Å²) in [4.78, 5) is 24.2. The topological polar surface area (TPSA) is 78.4 Å². The zero-order valence-corrected chi connectivity index (χ0v) is 12.0. The molecule has 0 radical (unpaired) electrons. The molecule has 2 aliphatic rings. The molecule has 3 rings (SSSR count). The fraction of sp³-hybridized carbons (Fsp3) is 0.500. The van der Waals surface area contributed by atoms with Crippen LogP contribution in [0.15, 0.2) is 30.3 Å².